The van der Waals surface area contributed by atoms with Crippen molar-refractivity contribution in [2.24, 2.45) is 0 Å². The molecule has 1 N–H and O–H groups in total. The fourth-order valence-electron chi connectivity index (χ4n) is 7.22. The maximum atomic E-state index is 13.9. The second kappa shape index (κ2) is 15.3. The number of methoxy groups -OCH3 is 3. The minimum Gasteiger partial charge on any atom is -0.493 e. The number of aromatic nitrogens is 3. The van der Waals surface area contributed by atoms with Gasteiger partial charge in [0.05, 0.1) is 39.0 Å². The van der Waals surface area contributed by atoms with Gasteiger partial charge in [-0.25, -0.2) is 4.98 Å². The zero-order chi connectivity index (χ0) is 33.5. The van der Waals surface area contributed by atoms with E-state index in [1.54, 1.807) is 33.5 Å². The fraction of sp³-hybridized carbons (Fsp3) is 0.486. The van der Waals surface area contributed by atoms with E-state index in [4.69, 9.17) is 28.9 Å². The minimum atomic E-state index is -0.224. The number of fused-ring (bicyclic) bond motifs is 1. The molecule has 2 saturated heterocycles. The van der Waals surface area contributed by atoms with Crippen LogP contribution in [0.4, 0.5) is 5.95 Å². The first-order valence-electron chi connectivity index (χ1n) is 17.0. The first-order chi connectivity index (χ1) is 23.5. The van der Waals surface area contributed by atoms with Crippen molar-refractivity contribution in [3.05, 3.63) is 72.1 Å². The number of carbonyl (C=O) groups is 1. The van der Waals surface area contributed by atoms with Crippen LogP contribution in [0.15, 0.2) is 60.8 Å². The van der Waals surface area contributed by atoms with Gasteiger partial charge in [-0.15, -0.1) is 0 Å². The van der Waals surface area contributed by atoms with Gasteiger partial charge in [0.2, 0.25) is 11.7 Å². The van der Waals surface area contributed by atoms with E-state index >= 15 is 0 Å². The Morgan fingerprint density at radius 2 is 1.71 bits per heavy atom. The molecule has 4 aromatic rings. The Labute approximate surface area is 283 Å². The first kappa shape index (κ1) is 33.5. The first-order valence-corrected chi connectivity index (χ1v) is 17.0. The fourth-order valence-corrected chi connectivity index (χ4v) is 7.22. The van der Waals surface area contributed by atoms with Crippen molar-refractivity contribution in [3.63, 3.8) is 0 Å². The van der Waals surface area contributed by atoms with Crippen LogP contribution in [0.25, 0.3) is 11.0 Å². The number of pyridine rings is 1. The van der Waals surface area contributed by atoms with Gasteiger partial charge in [0.15, 0.2) is 11.5 Å². The van der Waals surface area contributed by atoms with Crippen LogP contribution in [0.1, 0.15) is 48.7 Å². The Kier molecular flexibility index (Phi) is 10.7. The maximum Gasteiger partial charge on any atom is 0.254 e. The monoisotopic (exact) mass is 656 g/mol. The molecule has 2 aliphatic heterocycles. The summed E-state index contributed by atoms with van der Waals surface area (Å²) >= 11 is 0. The topological polar surface area (TPSA) is 103 Å². The number of benzene rings is 2. The minimum absolute atomic E-state index is 0.0498. The molecule has 0 bridgehead atoms. The predicted molar refractivity (Wildman–Crippen MR) is 186 cm³/mol. The molecule has 1 atom stereocenters. The molecule has 2 aromatic carbocycles. The third kappa shape index (κ3) is 7.07. The Hall–Kier alpha value is -4.35. The molecule has 6 rings (SSSR count). The van der Waals surface area contributed by atoms with Crippen LogP contribution >= 0.6 is 0 Å². The highest BCUT2D eigenvalue weighted by molar-refractivity contribution is 5.96. The van der Waals surface area contributed by atoms with Crippen molar-refractivity contribution in [3.8, 4) is 17.2 Å². The summed E-state index contributed by atoms with van der Waals surface area (Å²) in [7, 11) is 4.69. The highest BCUT2D eigenvalue weighted by atomic mass is 16.5. The van der Waals surface area contributed by atoms with E-state index in [0.29, 0.717) is 55.2 Å². The van der Waals surface area contributed by atoms with Crippen molar-refractivity contribution in [2.75, 3.05) is 72.6 Å². The molecule has 0 radical (unpaired) electrons. The molecule has 11 nitrogen and oxygen atoms in total. The Morgan fingerprint density at radius 3 is 2.40 bits per heavy atom. The summed E-state index contributed by atoms with van der Waals surface area (Å²) < 4.78 is 24.4. The molecular weight excluding hydrogens is 608 g/mol. The zero-order valence-electron chi connectivity index (χ0n) is 28.6. The van der Waals surface area contributed by atoms with Crippen molar-refractivity contribution in [2.45, 2.75) is 50.6 Å². The lowest BCUT2D eigenvalue weighted by atomic mass is 9.79. The van der Waals surface area contributed by atoms with Crippen molar-refractivity contribution < 1.29 is 23.7 Å². The molecular formula is C37H48N6O5. The summed E-state index contributed by atoms with van der Waals surface area (Å²) in [6.07, 6.45) is 5.72. The van der Waals surface area contributed by atoms with Gasteiger partial charge in [0, 0.05) is 68.2 Å². The third-order valence-electron chi connectivity index (χ3n) is 9.91. The molecule has 0 saturated carbocycles. The van der Waals surface area contributed by atoms with Gasteiger partial charge in [-0.1, -0.05) is 18.2 Å². The summed E-state index contributed by atoms with van der Waals surface area (Å²) in [5.41, 5.74) is 3.47. The van der Waals surface area contributed by atoms with Gasteiger partial charge < -0.3 is 38.6 Å². The Balaban J connectivity index is 1.11. The van der Waals surface area contributed by atoms with Gasteiger partial charge in [0.1, 0.15) is 0 Å². The van der Waals surface area contributed by atoms with Crippen molar-refractivity contribution in [1.82, 2.24) is 24.3 Å². The number of para-hydroxylation sites is 2. The highest BCUT2D eigenvalue weighted by Crippen LogP contribution is 2.41. The molecule has 1 amide bonds. The number of carbonyl (C=O) groups excluding carboxylic acids is 1. The van der Waals surface area contributed by atoms with E-state index in [1.807, 2.05) is 36.2 Å². The molecule has 11 heteroatoms. The largest absolute Gasteiger partial charge is 0.493 e. The number of rotatable bonds is 14. The summed E-state index contributed by atoms with van der Waals surface area (Å²) in [6.45, 7) is 8.37. The molecule has 0 spiro atoms. The molecule has 2 fully saturated rings. The number of nitrogens with one attached hydrogen (secondary N) is 1. The maximum absolute atomic E-state index is 13.9. The smallest absolute Gasteiger partial charge is 0.254 e. The number of likely N-dealkylation sites (tertiary alicyclic amines) is 2. The number of nitrogens with zero attached hydrogens (tertiary/aromatic N) is 5. The van der Waals surface area contributed by atoms with Gasteiger partial charge in [-0.05, 0) is 75.5 Å². The van der Waals surface area contributed by atoms with E-state index in [0.717, 1.165) is 74.5 Å². The van der Waals surface area contributed by atoms with Crippen LogP contribution < -0.4 is 19.5 Å². The van der Waals surface area contributed by atoms with Crippen LogP contribution in [-0.2, 0) is 16.7 Å². The Bertz CT molecular complexity index is 1650. The number of anilines is 1. The van der Waals surface area contributed by atoms with Gasteiger partial charge in [-0.3, -0.25) is 9.78 Å². The van der Waals surface area contributed by atoms with Crippen molar-refractivity contribution in [1.29, 1.82) is 0 Å². The molecule has 0 aliphatic carbocycles. The number of hydrogen-bond acceptors (Lipinski definition) is 9. The van der Waals surface area contributed by atoms with Gasteiger partial charge in [-0.2, -0.15) is 0 Å². The molecule has 48 heavy (non-hydrogen) atoms. The SMILES string of the molecule is CCOCCn1c(NC2CCN(CCC3(c4ccccn4)CCN(C(=O)c4cc(OC)c(OC)c(OC)c4)C3)CC2)nc2ccccc21. The molecule has 256 valence electrons. The summed E-state index contributed by atoms with van der Waals surface area (Å²) in [5, 5.41) is 3.76. The lowest BCUT2D eigenvalue weighted by Crippen LogP contribution is -2.43. The quantitative estimate of drug-likeness (QED) is 0.183. The normalized spacial score (nSPS) is 18.7. The number of imidazole rings is 1. The molecule has 2 aliphatic rings. The molecule has 1 unspecified atom stereocenters. The highest BCUT2D eigenvalue weighted by Gasteiger charge is 2.43. The number of hydrogen-bond donors (Lipinski definition) is 1. The van der Waals surface area contributed by atoms with E-state index in [9.17, 15) is 4.79 Å². The third-order valence-corrected chi connectivity index (χ3v) is 9.91. The summed E-state index contributed by atoms with van der Waals surface area (Å²) in [4.78, 5) is 28.1. The second-order valence-electron chi connectivity index (χ2n) is 12.7. The summed E-state index contributed by atoms with van der Waals surface area (Å²) in [6, 6.07) is 18.2. The molecule has 2 aromatic heterocycles. The number of ether oxygens (including phenoxy) is 4. The van der Waals surface area contributed by atoms with E-state index < -0.39 is 0 Å². The second-order valence-corrected chi connectivity index (χ2v) is 12.7. The zero-order valence-corrected chi connectivity index (χ0v) is 28.6. The average molecular weight is 657 g/mol. The van der Waals surface area contributed by atoms with E-state index in [1.165, 1.54) is 0 Å². The van der Waals surface area contributed by atoms with Crippen LogP contribution in [0.2, 0.25) is 0 Å². The number of piperidine rings is 1. The summed E-state index contributed by atoms with van der Waals surface area (Å²) in [5.74, 6) is 2.28. The lowest BCUT2D eigenvalue weighted by Gasteiger charge is -2.36. The van der Waals surface area contributed by atoms with Crippen LogP contribution in [0.3, 0.4) is 0 Å². The van der Waals surface area contributed by atoms with Crippen LogP contribution in [0, 0.1) is 0 Å². The van der Waals surface area contributed by atoms with E-state index in [-0.39, 0.29) is 11.3 Å². The molecule has 4 heterocycles. The number of amides is 1. The lowest BCUT2D eigenvalue weighted by molar-refractivity contribution is 0.0778. The predicted octanol–water partition coefficient (Wildman–Crippen LogP) is 5.24. The van der Waals surface area contributed by atoms with Crippen LogP contribution in [0.5, 0.6) is 17.2 Å². The van der Waals surface area contributed by atoms with Gasteiger partial charge >= 0.3 is 0 Å². The van der Waals surface area contributed by atoms with Gasteiger partial charge in [0.25, 0.3) is 5.91 Å². The van der Waals surface area contributed by atoms with Crippen molar-refractivity contribution >= 4 is 22.9 Å². The average Bonchev–Trinajstić information content (AvgIpc) is 3.73. The van der Waals surface area contributed by atoms with E-state index in [2.05, 4.69) is 39.0 Å². The standard InChI is InChI=1S/C37H48N6O5/c1-5-48-23-22-43-30-11-7-6-10-29(30)40-36(43)39-28-13-18-41(19-14-28)20-15-37(33-12-8-9-17-38-33)16-21-42(26-37)35(44)27-24-31(45-2)34(47-4)32(25-27)46-3/h6-12,17,24-25,28H,5,13-16,18-23,26H2,1-4H3,(H,39,40). The van der Waals surface area contributed by atoms with Crippen LogP contribution in [-0.4, -0.2) is 104 Å². The Morgan fingerprint density at radius 1 is 0.958 bits per heavy atom.